The summed E-state index contributed by atoms with van der Waals surface area (Å²) < 4.78 is 0.765. The van der Waals surface area contributed by atoms with E-state index in [1.54, 1.807) is 20.2 Å². The number of hydrogen-bond acceptors (Lipinski definition) is 8. The van der Waals surface area contributed by atoms with Crippen LogP contribution in [0.25, 0.3) is 0 Å². The average Bonchev–Trinajstić information content (AvgIpc) is 2.67. The van der Waals surface area contributed by atoms with E-state index < -0.39 is 58.0 Å². The normalized spacial score (nSPS) is 30.3. The number of halogens is 1. The summed E-state index contributed by atoms with van der Waals surface area (Å²) in [6.45, 7) is 0. The molecule has 0 saturated heterocycles. The van der Waals surface area contributed by atoms with Gasteiger partial charge in [0.15, 0.2) is 11.4 Å². The number of benzene rings is 1. The molecular formula is C21H21IN2O7. The van der Waals surface area contributed by atoms with Gasteiger partial charge in [-0.2, -0.15) is 0 Å². The molecule has 0 radical (unpaired) electrons. The largest absolute Gasteiger partial charge is 0.510 e. The van der Waals surface area contributed by atoms with Crippen LogP contribution in [-0.4, -0.2) is 68.5 Å². The first-order valence-corrected chi connectivity index (χ1v) is 10.7. The molecule has 4 atom stereocenters. The number of phenols is 1. The number of hydrogen-bond donors (Lipinski definition) is 5. The number of aliphatic hydroxyl groups is 3. The second-order valence-corrected chi connectivity index (χ2v) is 9.55. The SMILES string of the molecule is CN(C)[C@@H]1C(O)=C(C(N)=O)C(=O)[C@@]2(O)C(O)=C3C(=O)c4c(O)ccc(I)c4C[C@H]3C[C@@H]12. The molecule has 1 aromatic carbocycles. The van der Waals surface area contributed by atoms with Crippen LogP contribution in [0, 0.1) is 15.4 Å². The Morgan fingerprint density at radius 3 is 2.45 bits per heavy atom. The van der Waals surface area contributed by atoms with Crippen molar-refractivity contribution in [3.63, 3.8) is 0 Å². The van der Waals surface area contributed by atoms with Crippen molar-refractivity contribution >= 4 is 40.1 Å². The van der Waals surface area contributed by atoms with Gasteiger partial charge in [-0.05, 0) is 73.1 Å². The van der Waals surface area contributed by atoms with Gasteiger partial charge < -0.3 is 26.2 Å². The number of nitrogens with zero attached hydrogens (tertiary/aromatic N) is 1. The maximum Gasteiger partial charge on any atom is 0.255 e. The first-order valence-electron chi connectivity index (χ1n) is 9.58. The molecule has 0 aromatic heterocycles. The highest BCUT2D eigenvalue weighted by molar-refractivity contribution is 14.1. The first kappa shape index (κ1) is 21.8. The Bertz CT molecular complexity index is 1120. The number of ketones is 2. The molecule has 9 nitrogen and oxygen atoms in total. The molecule has 3 aliphatic rings. The molecule has 0 bridgehead atoms. The third-order valence-electron chi connectivity index (χ3n) is 6.55. The summed E-state index contributed by atoms with van der Waals surface area (Å²) in [7, 11) is 3.18. The molecule has 0 heterocycles. The molecule has 4 rings (SSSR count). The predicted molar refractivity (Wildman–Crippen MR) is 116 cm³/mol. The van der Waals surface area contributed by atoms with Crippen molar-refractivity contribution in [1.82, 2.24) is 4.90 Å². The molecule has 0 spiro atoms. The van der Waals surface area contributed by atoms with Crippen molar-refractivity contribution in [2.24, 2.45) is 17.6 Å². The van der Waals surface area contributed by atoms with E-state index >= 15 is 0 Å². The molecule has 3 aliphatic carbocycles. The van der Waals surface area contributed by atoms with E-state index in [4.69, 9.17) is 5.73 Å². The quantitative estimate of drug-likeness (QED) is 0.271. The third kappa shape index (κ3) is 2.77. The van der Waals surface area contributed by atoms with Crippen molar-refractivity contribution in [3.05, 3.63) is 49.5 Å². The van der Waals surface area contributed by atoms with Crippen LogP contribution in [0.5, 0.6) is 5.75 Å². The van der Waals surface area contributed by atoms with Crippen molar-refractivity contribution in [1.29, 1.82) is 0 Å². The van der Waals surface area contributed by atoms with Gasteiger partial charge in [0.05, 0.1) is 11.6 Å². The fourth-order valence-electron chi connectivity index (χ4n) is 5.21. The van der Waals surface area contributed by atoms with Gasteiger partial charge in [0, 0.05) is 15.1 Å². The van der Waals surface area contributed by atoms with Crippen LogP contribution in [0.4, 0.5) is 0 Å². The molecular weight excluding hydrogens is 519 g/mol. The summed E-state index contributed by atoms with van der Waals surface area (Å²) in [6, 6.07) is 2.06. The molecule has 31 heavy (non-hydrogen) atoms. The summed E-state index contributed by atoms with van der Waals surface area (Å²) >= 11 is 2.06. The lowest BCUT2D eigenvalue weighted by molar-refractivity contribution is -0.148. The topological polar surface area (TPSA) is 161 Å². The number of aliphatic hydroxyl groups excluding tert-OH is 2. The number of amides is 1. The van der Waals surface area contributed by atoms with E-state index in [0.717, 1.165) is 3.57 Å². The van der Waals surface area contributed by atoms with Gasteiger partial charge in [-0.3, -0.25) is 19.3 Å². The Morgan fingerprint density at radius 1 is 1.23 bits per heavy atom. The zero-order chi connectivity index (χ0) is 23.0. The predicted octanol–water partition coefficient (Wildman–Crippen LogP) is 0.725. The Balaban J connectivity index is 1.98. The van der Waals surface area contributed by atoms with Gasteiger partial charge in [0.1, 0.15) is 22.8 Å². The van der Waals surface area contributed by atoms with E-state index in [1.807, 2.05) is 0 Å². The molecule has 0 saturated carbocycles. The first-order chi connectivity index (χ1) is 14.4. The number of rotatable bonds is 2. The van der Waals surface area contributed by atoms with Crippen LogP contribution >= 0.6 is 22.6 Å². The van der Waals surface area contributed by atoms with E-state index in [0.29, 0.717) is 12.0 Å². The van der Waals surface area contributed by atoms with Gasteiger partial charge in [0.2, 0.25) is 5.78 Å². The van der Waals surface area contributed by atoms with E-state index in [-0.39, 0.29) is 23.3 Å². The van der Waals surface area contributed by atoms with E-state index in [9.17, 15) is 34.8 Å². The Kier molecular flexibility index (Phi) is 4.94. The van der Waals surface area contributed by atoms with Crippen molar-refractivity contribution in [2.45, 2.75) is 24.5 Å². The lowest BCUT2D eigenvalue weighted by Gasteiger charge is -2.50. The van der Waals surface area contributed by atoms with Crippen LogP contribution in [0.3, 0.4) is 0 Å². The number of aromatic hydroxyl groups is 1. The molecule has 1 amide bonds. The summed E-state index contributed by atoms with van der Waals surface area (Å²) in [4.78, 5) is 39.8. The number of primary amides is 1. The van der Waals surface area contributed by atoms with E-state index in [1.165, 1.54) is 11.0 Å². The number of allylic oxidation sites excluding steroid dienone is 1. The van der Waals surface area contributed by atoms with Gasteiger partial charge in [-0.1, -0.05) is 0 Å². The number of fused-ring (bicyclic) bond motifs is 3. The lowest BCUT2D eigenvalue weighted by Crippen LogP contribution is -2.63. The van der Waals surface area contributed by atoms with Crippen molar-refractivity contribution < 1.29 is 34.8 Å². The van der Waals surface area contributed by atoms with Gasteiger partial charge in [-0.15, -0.1) is 0 Å². The minimum absolute atomic E-state index is 0.0210. The number of Topliss-reactive ketones (excluding diaryl/α,β-unsaturated/α-hetero) is 2. The van der Waals surface area contributed by atoms with Crippen LogP contribution < -0.4 is 5.73 Å². The minimum atomic E-state index is -2.61. The summed E-state index contributed by atoms with van der Waals surface area (Å²) in [5, 5.41) is 43.5. The highest BCUT2D eigenvalue weighted by Crippen LogP contribution is 2.52. The number of carbonyl (C=O) groups excluding carboxylic acids is 3. The second kappa shape index (κ2) is 7.04. The van der Waals surface area contributed by atoms with Crippen molar-refractivity contribution in [2.75, 3.05) is 14.1 Å². The lowest BCUT2D eigenvalue weighted by atomic mass is 9.58. The fraction of sp³-hybridized carbons (Fsp3) is 0.381. The Morgan fingerprint density at radius 2 is 1.87 bits per heavy atom. The molecule has 1 aromatic rings. The molecule has 0 aliphatic heterocycles. The minimum Gasteiger partial charge on any atom is -0.510 e. The molecule has 164 valence electrons. The van der Waals surface area contributed by atoms with Crippen LogP contribution in [0.2, 0.25) is 0 Å². The highest BCUT2D eigenvalue weighted by atomic mass is 127. The number of likely N-dealkylation sites (N-methyl/N-ethyl adjacent to an activating group) is 1. The summed E-state index contributed by atoms with van der Waals surface area (Å²) in [5.41, 5.74) is 2.36. The monoisotopic (exact) mass is 540 g/mol. The maximum absolute atomic E-state index is 13.3. The standard InChI is InChI=1S/C21H21IN2O7/c1-24(2)15-9-6-7-5-8-10(22)3-4-11(25)13(8)16(26)12(7)18(28)21(9,31)19(29)14(17(15)27)20(23)30/h3-4,7,9,15,25,27-28,31H,5-6H2,1-2H3,(H2,23,30)/t7-,9-,15-,21-/m0/s1. The van der Waals surface area contributed by atoms with Gasteiger partial charge in [-0.25, -0.2) is 0 Å². The molecule has 6 N–H and O–H groups in total. The zero-order valence-corrected chi connectivity index (χ0v) is 18.9. The van der Waals surface area contributed by atoms with E-state index in [2.05, 4.69) is 22.6 Å². The number of carbonyl (C=O) groups is 3. The third-order valence-corrected chi connectivity index (χ3v) is 7.56. The smallest absolute Gasteiger partial charge is 0.255 e. The Hall–Kier alpha value is -2.44. The molecule has 0 unspecified atom stereocenters. The zero-order valence-electron chi connectivity index (χ0n) is 16.7. The van der Waals surface area contributed by atoms with Crippen LogP contribution in [-0.2, 0) is 16.0 Å². The molecule has 0 fully saturated rings. The van der Waals surface area contributed by atoms with Crippen LogP contribution in [0.15, 0.2) is 34.8 Å². The second-order valence-electron chi connectivity index (χ2n) is 8.38. The Labute approximate surface area is 191 Å². The average molecular weight is 540 g/mol. The van der Waals surface area contributed by atoms with Crippen LogP contribution in [0.1, 0.15) is 22.3 Å². The van der Waals surface area contributed by atoms with Gasteiger partial charge in [0.25, 0.3) is 5.91 Å². The fourth-order valence-corrected chi connectivity index (χ4v) is 5.88. The summed E-state index contributed by atoms with van der Waals surface area (Å²) in [5.74, 6) is -6.43. The summed E-state index contributed by atoms with van der Waals surface area (Å²) in [6.07, 6.45) is 0.374. The van der Waals surface area contributed by atoms with Gasteiger partial charge >= 0.3 is 0 Å². The van der Waals surface area contributed by atoms with Crippen molar-refractivity contribution in [3.8, 4) is 5.75 Å². The number of phenolic OH excluding ortho intramolecular Hbond substituents is 1. The maximum atomic E-state index is 13.3. The molecule has 10 heteroatoms. The highest BCUT2D eigenvalue weighted by Gasteiger charge is 2.63. The number of nitrogens with two attached hydrogens (primary N) is 1.